The summed E-state index contributed by atoms with van der Waals surface area (Å²) < 4.78 is 0. The van der Waals surface area contributed by atoms with E-state index in [9.17, 15) is 4.79 Å². The molecular weight excluding hydrogens is 105 g/mol. The molecule has 0 rings (SSSR count). The summed E-state index contributed by atoms with van der Waals surface area (Å²) in [6.45, 7) is -0.0833. The van der Waals surface area contributed by atoms with Crippen molar-refractivity contribution in [2.75, 3.05) is 13.6 Å². The third-order valence-electron chi connectivity index (χ3n) is 0.293. The molecule has 1 N–H and O–H groups in total. The minimum absolute atomic E-state index is 0. The molecule has 0 aliphatic carbocycles. The predicted molar refractivity (Wildman–Crippen MR) is 21.8 cm³/mol. The molecule has 0 fully saturated rings. The monoisotopic (exact) mass is 111 g/mol. The Bertz CT molecular complexity index is 56.9. The molecule has 0 aromatic rings. The van der Waals surface area contributed by atoms with Gasteiger partial charge in [0.2, 0.25) is 0 Å². The van der Waals surface area contributed by atoms with Crippen molar-refractivity contribution in [3.63, 3.8) is 0 Å². The first-order chi connectivity index (χ1) is 2.77. The molecule has 0 atom stereocenters. The Labute approximate surface area is 64.4 Å². The van der Waals surface area contributed by atoms with E-state index in [1.54, 1.807) is 0 Å². The van der Waals surface area contributed by atoms with Crippen LogP contribution in [0.5, 0.6) is 0 Å². The van der Waals surface area contributed by atoms with Crippen molar-refractivity contribution >= 4 is 5.97 Å². The van der Waals surface area contributed by atoms with E-state index in [-0.39, 0.29) is 36.1 Å². The number of hydrogen-bond acceptors (Lipinski definition) is 1. The normalized spacial score (nSPS) is 7.00. The van der Waals surface area contributed by atoms with Crippen molar-refractivity contribution in [1.29, 1.82) is 0 Å². The Kier molecular flexibility index (Phi) is 9.57. The third kappa shape index (κ3) is 10.7. The second-order valence-electron chi connectivity index (χ2n) is 0.868. The van der Waals surface area contributed by atoms with Crippen LogP contribution in [0.4, 0.5) is 0 Å². The largest absolute Gasteiger partial charge is 1.00 e. The fourth-order valence-electron chi connectivity index (χ4n) is 0.135. The molecule has 0 amide bonds. The Balaban J connectivity index is 0. The predicted octanol–water partition coefficient (Wildman–Crippen LogP) is -2.92. The fraction of sp³-hybridized carbons (Fsp3) is 0.667. The summed E-state index contributed by atoms with van der Waals surface area (Å²) in [6, 6.07) is 0. The standard InChI is InChI=1S/C3H6NO2.Na/c1-4-2-3(5)6;/h2H2,1H3,(H,5,6);/q-1;+1. The van der Waals surface area contributed by atoms with E-state index >= 15 is 0 Å². The summed E-state index contributed by atoms with van der Waals surface area (Å²) in [5.74, 6) is -0.877. The number of carboxylic acid groups (broad SMARTS) is 1. The third-order valence-corrected chi connectivity index (χ3v) is 0.293. The zero-order valence-corrected chi connectivity index (χ0v) is 6.51. The van der Waals surface area contributed by atoms with Gasteiger partial charge in [0.15, 0.2) is 0 Å². The van der Waals surface area contributed by atoms with Gasteiger partial charge in [-0.25, -0.2) is 0 Å². The van der Waals surface area contributed by atoms with Crippen molar-refractivity contribution in [1.82, 2.24) is 0 Å². The number of rotatable bonds is 2. The molecule has 0 aromatic carbocycles. The van der Waals surface area contributed by atoms with Gasteiger partial charge in [-0.1, -0.05) is 0 Å². The van der Waals surface area contributed by atoms with Gasteiger partial charge in [0.05, 0.1) is 0 Å². The smallest absolute Gasteiger partial charge is 0.656 e. The maximum atomic E-state index is 9.51. The number of carbonyl (C=O) groups is 1. The van der Waals surface area contributed by atoms with Crippen molar-refractivity contribution in [3.8, 4) is 0 Å². The molecule has 0 saturated heterocycles. The van der Waals surface area contributed by atoms with Gasteiger partial charge in [-0.15, -0.1) is 0 Å². The Morgan fingerprint density at radius 1 is 1.86 bits per heavy atom. The van der Waals surface area contributed by atoms with Crippen LogP contribution in [-0.2, 0) is 4.79 Å². The van der Waals surface area contributed by atoms with Crippen LogP contribution in [0.1, 0.15) is 0 Å². The first kappa shape index (κ1) is 10.4. The van der Waals surface area contributed by atoms with Crippen LogP contribution in [0.15, 0.2) is 0 Å². The molecule has 0 radical (unpaired) electrons. The van der Waals surface area contributed by atoms with Crippen molar-refractivity contribution in [2.45, 2.75) is 0 Å². The van der Waals surface area contributed by atoms with E-state index in [0.29, 0.717) is 0 Å². The fourth-order valence-corrected chi connectivity index (χ4v) is 0.135. The van der Waals surface area contributed by atoms with Gasteiger partial charge in [0, 0.05) is 0 Å². The average molecular weight is 111 g/mol. The summed E-state index contributed by atoms with van der Waals surface area (Å²) in [5, 5.41) is 11.2. The van der Waals surface area contributed by atoms with Gasteiger partial charge >= 0.3 is 29.6 Å². The molecule has 0 aliphatic rings. The van der Waals surface area contributed by atoms with Gasteiger partial charge < -0.3 is 10.4 Å². The Hall–Kier alpha value is 0.430. The molecular formula is C3H6NNaO2. The van der Waals surface area contributed by atoms with Crippen LogP contribution in [0.2, 0.25) is 0 Å². The maximum Gasteiger partial charge on any atom is 1.00 e. The maximum absolute atomic E-state index is 9.51. The van der Waals surface area contributed by atoms with Crippen molar-refractivity contribution in [2.24, 2.45) is 0 Å². The van der Waals surface area contributed by atoms with E-state index in [1.807, 2.05) is 0 Å². The van der Waals surface area contributed by atoms with Crippen molar-refractivity contribution in [3.05, 3.63) is 5.32 Å². The molecule has 4 heteroatoms. The average Bonchev–Trinajstić information content (AvgIpc) is 1.35. The molecule has 0 heterocycles. The van der Waals surface area contributed by atoms with Crippen LogP contribution < -0.4 is 29.6 Å². The van der Waals surface area contributed by atoms with Gasteiger partial charge in [-0.05, 0) is 6.54 Å². The van der Waals surface area contributed by atoms with Crippen LogP contribution in [0.3, 0.4) is 0 Å². The van der Waals surface area contributed by atoms with Crippen LogP contribution >= 0.6 is 0 Å². The molecule has 0 aromatic heterocycles. The Morgan fingerprint density at radius 3 is 2.29 bits per heavy atom. The summed E-state index contributed by atoms with van der Waals surface area (Å²) in [7, 11) is 1.47. The van der Waals surface area contributed by atoms with E-state index in [2.05, 4.69) is 5.32 Å². The topological polar surface area (TPSA) is 51.4 Å². The van der Waals surface area contributed by atoms with Crippen LogP contribution in [-0.4, -0.2) is 24.7 Å². The summed E-state index contributed by atoms with van der Waals surface area (Å²) in [4.78, 5) is 9.51. The number of carboxylic acids is 1. The van der Waals surface area contributed by atoms with E-state index in [0.717, 1.165) is 0 Å². The zero-order chi connectivity index (χ0) is 4.99. The summed E-state index contributed by atoms with van der Waals surface area (Å²) in [5.41, 5.74) is 0. The minimum atomic E-state index is -0.877. The molecule has 0 unspecified atom stereocenters. The van der Waals surface area contributed by atoms with Crippen molar-refractivity contribution < 1.29 is 39.5 Å². The number of nitrogens with zero attached hydrogens (tertiary/aromatic N) is 1. The van der Waals surface area contributed by atoms with E-state index in [1.165, 1.54) is 7.05 Å². The van der Waals surface area contributed by atoms with Gasteiger partial charge in [0.1, 0.15) is 0 Å². The Morgan fingerprint density at radius 2 is 2.29 bits per heavy atom. The first-order valence-electron chi connectivity index (χ1n) is 1.54. The number of hydrogen-bond donors (Lipinski definition) is 1. The molecule has 7 heavy (non-hydrogen) atoms. The molecule has 0 bridgehead atoms. The molecule has 36 valence electrons. The molecule has 0 saturated carbocycles. The molecule has 3 nitrogen and oxygen atoms in total. The van der Waals surface area contributed by atoms with Gasteiger partial charge in [-0.2, -0.15) is 7.05 Å². The SMILES string of the molecule is C[N-]CC(=O)O.[Na+]. The number of aliphatic carboxylic acids is 1. The zero-order valence-electron chi connectivity index (χ0n) is 4.51. The molecule has 0 spiro atoms. The van der Waals surface area contributed by atoms with E-state index < -0.39 is 5.97 Å². The van der Waals surface area contributed by atoms with Crippen LogP contribution in [0, 0.1) is 0 Å². The number of likely N-dealkylation sites (N-methyl/N-ethyl adjacent to an activating group) is 1. The minimum Gasteiger partial charge on any atom is -0.656 e. The second kappa shape index (κ2) is 6.43. The van der Waals surface area contributed by atoms with Crippen LogP contribution in [0.25, 0.3) is 5.32 Å². The first-order valence-corrected chi connectivity index (χ1v) is 1.54. The van der Waals surface area contributed by atoms with Gasteiger partial charge in [0.25, 0.3) is 5.97 Å². The summed E-state index contributed by atoms with van der Waals surface area (Å²) in [6.07, 6.45) is 0. The van der Waals surface area contributed by atoms with E-state index in [4.69, 9.17) is 5.11 Å². The van der Waals surface area contributed by atoms with Gasteiger partial charge in [-0.3, -0.25) is 4.79 Å². The molecule has 0 aliphatic heterocycles. The summed E-state index contributed by atoms with van der Waals surface area (Å²) >= 11 is 0. The second-order valence-corrected chi connectivity index (χ2v) is 0.868. The quantitative estimate of drug-likeness (QED) is 0.388.